The van der Waals surface area contributed by atoms with Gasteiger partial charge in [0.2, 0.25) is 0 Å². The monoisotopic (exact) mass is 356 g/mol. The van der Waals surface area contributed by atoms with Crippen LogP contribution in [-0.2, 0) is 9.59 Å². The van der Waals surface area contributed by atoms with Gasteiger partial charge in [-0.25, -0.2) is 0 Å². The SMILES string of the molecule is CN1C(=O)C2=C(C1=O)N(c1ccccc1)C(N)=C(C#N)C2c1ccccc1. The predicted molar refractivity (Wildman–Crippen MR) is 99.7 cm³/mol. The first kappa shape index (κ1) is 16.6. The number of hydrogen-bond acceptors (Lipinski definition) is 5. The molecule has 6 nitrogen and oxygen atoms in total. The fourth-order valence-electron chi connectivity index (χ4n) is 3.60. The van der Waals surface area contributed by atoms with Gasteiger partial charge in [0.05, 0.1) is 23.1 Å². The van der Waals surface area contributed by atoms with Gasteiger partial charge in [0.25, 0.3) is 11.8 Å². The Labute approximate surface area is 156 Å². The van der Waals surface area contributed by atoms with E-state index in [1.807, 2.05) is 48.5 Å². The number of nitriles is 1. The van der Waals surface area contributed by atoms with Crippen molar-refractivity contribution in [2.24, 2.45) is 5.73 Å². The Kier molecular flexibility index (Phi) is 3.78. The van der Waals surface area contributed by atoms with Crippen molar-refractivity contribution in [1.29, 1.82) is 5.26 Å². The maximum atomic E-state index is 12.9. The molecule has 4 rings (SSSR count). The molecule has 1 unspecified atom stereocenters. The van der Waals surface area contributed by atoms with Crippen molar-refractivity contribution >= 4 is 17.5 Å². The molecule has 2 aromatic carbocycles. The fraction of sp³-hybridized carbons (Fsp3) is 0.0952. The third-order valence-electron chi connectivity index (χ3n) is 4.88. The molecule has 2 heterocycles. The smallest absolute Gasteiger partial charge is 0.278 e. The molecular weight excluding hydrogens is 340 g/mol. The van der Waals surface area contributed by atoms with Crippen molar-refractivity contribution in [1.82, 2.24) is 4.90 Å². The molecule has 2 amide bonds. The zero-order valence-electron chi connectivity index (χ0n) is 14.6. The molecular formula is C21H16N4O2. The molecule has 0 bridgehead atoms. The molecule has 132 valence electrons. The van der Waals surface area contributed by atoms with Gasteiger partial charge in [-0.15, -0.1) is 0 Å². The second-order valence-corrected chi connectivity index (χ2v) is 6.36. The van der Waals surface area contributed by atoms with Crippen LogP contribution in [0.25, 0.3) is 0 Å². The molecule has 2 aliphatic rings. The van der Waals surface area contributed by atoms with Crippen LogP contribution in [0.1, 0.15) is 11.5 Å². The first-order valence-electron chi connectivity index (χ1n) is 8.42. The van der Waals surface area contributed by atoms with E-state index in [0.29, 0.717) is 5.69 Å². The number of benzene rings is 2. The summed E-state index contributed by atoms with van der Waals surface area (Å²) in [6.07, 6.45) is 0. The van der Waals surface area contributed by atoms with Gasteiger partial charge in [0.1, 0.15) is 11.5 Å². The molecule has 1 atom stereocenters. The summed E-state index contributed by atoms with van der Waals surface area (Å²) in [5.41, 5.74) is 8.48. The molecule has 27 heavy (non-hydrogen) atoms. The summed E-state index contributed by atoms with van der Waals surface area (Å²) in [4.78, 5) is 28.4. The Hall–Kier alpha value is -3.85. The molecule has 0 saturated carbocycles. The van der Waals surface area contributed by atoms with Crippen molar-refractivity contribution in [3.05, 3.63) is 88.9 Å². The second kappa shape index (κ2) is 6.15. The van der Waals surface area contributed by atoms with E-state index >= 15 is 0 Å². The highest BCUT2D eigenvalue weighted by atomic mass is 16.2. The third-order valence-corrected chi connectivity index (χ3v) is 4.88. The number of amides is 2. The number of carbonyl (C=O) groups is 2. The number of imide groups is 1. The Morgan fingerprint density at radius 3 is 2.15 bits per heavy atom. The van der Waals surface area contributed by atoms with Gasteiger partial charge in [-0.3, -0.25) is 19.4 Å². The van der Waals surface area contributed by atoms with E-state index in [1.54, 1.807) is 12.1 Å². The largest absolute Gasteiger partial charge is 0.384 e. The number of likely N-dealkylation sites (N-methyl/N-ethyl adjacent to an activating group) is 1. The van der Waals surface area contributed by atoms with E-state index in [2.05, 4.69) is 6.07 Å². The van der Waals surface area contributed by atoms with E-state index in [4.69, 9.17) is 5.73 Å². The first-order valence-corrected chi connectivity index (χ1v) is 8.42. The fourth-order valence-corrected chi connectivity index (χ4v) is 3.60. The summed E-state index contributed by atoms with van der Waals surface area (Å²) in [6.45, 7) is 0. The standard InChI is InChI=1S/C21H16N4O2/c1-24-20(26)17-16(13-8-4-2-5-9-13)15(12-22)19(23)25(18(17)21(24)27)14-10-6-3-7-11-14/h2-11,16H,23H2,1H3. The minimum absolute atomic E-state index is 0.160. The van der Waals surface area contributed by atoms with Gasteiger partial charge in [0, 0.05) is 12.7 Å². The van der Waals surface area contributed by atoms with Crippen molar-refractivity contribution in [3.63, 3.8) is 0 Å². The molecule has 6 heteroatoms. The van der Waals surface area contributed by atoms with Gasteiger partial charge >= 0.3 is 0 Å². The van der Waals surface area contributed by atoms with Crippen LogP contribution in [0, 0.1) is 11.3 Å². The zero-order chi connectivity index (χ0) is 19.1. The van der Waals surface area contributed by atoms with E-state index < -0.39 is 17.7 Å². The van der Waals surface area contributed by atoms with Crippen molar-refractivity contribution < 1.29 is 9.59 Å². The highest BCUT2D eigenvalue weighted by molar-refractivity contribution is 6.22. The van der Waals surface area contributed by atoms with Crippen molar-refractivity contribution in [2.75, 3.05) is 11.9 Å². The maximum absolute atomic E-state index is 12.9. The lowest BCUT2D eigenvalue weighted by Crippen LogP contribution is -2.37. The van der Waals surface area contributed by atoms with E-state index in [-0.39, 0.29) is 22.7 Å². The quantitative estimate of drug-likeness (QED) is 0.834. The molecule has 0 aliphatic carbocycles. The van der Waals surface area contributed by atoms with Gasteiger partial charge < -0.3 is 5.73 Å². The minimum Gasteiger partial charge on any atom is -0.384 e. The van der Waals surface area contributed by atoms with Crippen LogP contribution in [0.4, 0.5) is 5.69 Å². The Morgan fingerprint density at radius 1 is 0.963 bits per heavy atom. The number of nitrogens with zero attached hydrogens (tertiary/aromatic N) is 3. The number of rotatable bonds is 2. The predicted octanol–water partition coefficient (Wildman–Crippen LogP) is 2.24. The molecule has 0 fully saturated rings. The molecule has 0 spiro atoms. The number of carbonyl (C=O) groups excluding carboxylic acids is 2. The van der Waals surface area contributed by atoms with Crippen molar-refractivity contribution in [3.8, 4) is 6.07 Å². The molecule has 0 aromatic heterocycles. The van der Waals surface area contributed by atoms with Crippen LogP contribution < -0.4 is 10.6 Å². The Bertz CT molecular complexity index is 1050. The van der Waals surface area contributed by atoms with Crippen LogP contribution >= 0.6 is 0 Å². The molecule has 2 aliphatic heterocycles. The Morgan fingerprint density at radius 2 is 1.56 bits per heavy atom. The number of hydrogen-bond donors (Lipinski definition) is 1. The summed E-state index contributed by atoms with van der Waals surface area (Å²) in [6, 6.07) is 20.4. The highest BCUT2D eigenvalue weighted by Gasteiger charge is 2.48. The molecule has 2 N–H and O–H groups in total. The van der Waals surface area contributed by atoms with E-state index in [9.17, 15) is 14.9 Å². The zero-order valence-corrected chi connectivity index (χ0v) is 14.6. The van der Waals surface area contributed by atoms with E-state index in [1.165, 1.54) is 11.9 Å². The van der Waals surface area contributed by atoms with Crippen molar-refractivity contribution in [2.45, 2.75) is 5.92 Å². The van der Waals surface area contributed by atoms with Gasteiger partial charge in [-0.2, -0.15) is 5.26 Å². The highest BCUT2D eigenvalue weighted by Crippen LogP contribution is 2.45. The van der Waals surface area contributed by atoms with Gasteiger partial charge in [-0.1, -0.05) is 48.5 Å². The lowest BCUT2D eigenvalue weighted by atomic mass is 9.81. The maximum Gasteiger partial charge on any atom is 0.278 e. The molecule has 0 saturated heterocycles. The normalized spacial score (nSPS) is 19.5. The van der Waals surface area contributed by atoms with Crippen LogP contribution in [0.3, 0.4) is 0 Å². The molecule has 2 aromatic rings. The summed E-state index contributed by atoms with van der Waals surface area (Å²) < 4.78 is 0. The topological polar surface area (TPSA) is 90.4 Å². The summed E-state index contributed by atoms with van der Waals surface area (Å²) in [5.74, 6) is -1.36. The lowest BCUT2D eigenvalue weighted by molar-refractivity contribution is -0.136. The third kappa shape index (κ3) is 2.33. The number of allylic oxidation sites excluding steroid dienone is 1. The average molecular weight is 356 g/mol. The van der Waals surface area contributed by atoms with Gasteiger partial charge in [0.15, 0.2) is 0 Å². The Balaban J connectivity index is 2.02. The first-order chi connectivity index (χ1) is 13.1. The lowest BCUT2D eigenvalue weighted by Gasteiger charge is -2.33. The minimum atomic E-state index is -0.674. The number of nitrogens with two attached hydrogens (primary N) is 1. The second-order valence-electron chi connectivity index (χ2n) is 6.36. The van der Waals surface area contributed by atoms with Crippen LogP contribution in [0.5, 0.6) is 0 Å². The van der Waals surface area contributed by atoms with Crippen LogP contribution in [-0.4, -0.2) is 23.8 Å². The summed E-state index contributed by atoms with van der Waals surface area (Å²) >= 11 is 0. The number of anilines is 1. The molecule has 0 radical (unpaired) electrons. The van der Waals surface area contributed by atoms with Crippen LogP contribution in [0.2, 0.25) is 0 Å². The summed E-state index contributed by atoms with van der Waals surface area (Å²) in [5, 5.41) is 9.85. The van der Waals surface area contributed by atoms with E-state index in [0.717, 1.165) is 10.5 Å². The number of para-hydroxylation sites is 1. The average Bonchev–Trinajstić information content (AvgIpc) is 2.92. The van der Waals surface area contributed by atoms with Gasteiger partial charge in [-0.05, 0) is 17.7 Å². The summed E-state index contributed by atoms with van der Waals surface area (Å²) in [7, 11) is 1.44. The van der Waals surface area contributed by atoms with Crippen LogP contribution in [0.15, 0.2) is 83.3 Å².